The van der Waals surface area contributed by atoms with Crippen molar-refractivity contribution in [1.29, 1.82) is 0 Å². The number of anilines is 1. The number of hydrogen-bond donors (Lipinski definition) is 1. The summed E-state index contributed by atoms with van der Waals surface area (Å²) in [7, 11) is 0. The van der Waals surface area contributed by atoms with Gasteiger partial charge in [-0.15, -0.1) is 0 Å². The number of alkyl halides is 2. The molecule has 0 radical (unpaired) electrons. The van der Waals surface area contributed by atoms with Crippen LogP contribution in [0.2, 0.25) is 0 Å². The van der Waals surface area contributed by atoms with Gasteiger partial charge in [0.25, 0.3) is 6.43 Å². The van der Waals surface area contributed by atoms with Gasteiger partial charge in [0.15, 0.2) is 5.82 Å². The lowest BCUT2D eigenvalue weighted by Gasteiger charge is -2.29. The largest absolute Gasteiger partial charge is 0.339 e. The van der Waals surface area contributed by atoms with E-state index in [1.165, 1.54) is 0 Å². The minimum Gasteiger partial charge on any atom is -0.339 e. The summed E-state index contributed by atoms with van der Waals surface area (Å²) < 4.78 is 30.1. The second-order valence-corrected chi connectivity index (χ2v) is 6.61. The van der Waals surface area contributed by atoms with Gasteiger partial charge in [0.2, 0.25) is 11.8 Å². The molecular weight excluding hydrogens is 342 g/mol. The highest BCUT2D eigenvalue weighted by Gasteiger charge is 2.26. The first kappa shape index (κ1) is 18.4. The Kier molecular flexibility index (Phi) is 5.92. The highest BCUT2D eigenvalue weighted by molar-refractivity contribution is 5.91. The predicted octanol–water partition coefficient (Wildman–Crippen LogP) is 3.00. The molecule has 3 rings (SSSR count). The highest BCUT2D eigenvalue weighted by atomic mass is 19.3. The van der Waals surface area contributed by atoms with E-state index in [0.717, 1.165) is 11.3 Å². The van der Waals surface area contributed by atoms with Crippen LogP contribution in [0.1, 0.15) is 36.0 Å². The maximum atomic E-state index is 12.4. The molecule has 0 saturated carbocycles. The van der Waals surface area contributed by atoms with Crippen molar-refractivity contribution in [2.75, 3.05) is 25.0 Å². The number of aromatic nitrogens is 2. The molecule has 6 nitrogen and oxygen atoms in total. The molecule has 1 aromatic heterocycles. The Morgan fingerprint density at radius 1 is 1.38 bits per heavy atom. The van der Waals surface area contributed by atoms with E-state index in [1.54, 1.807) is 4.90 Å². The van der Waals surface area contributed by atoms with Gasteiger partial charge >= 0.3 is 0 Å². The minimum absolute atomic E-state index is 0.0294. The summed E-state index contributed by atoms with van der Waals surface area (Å²) in [5.41, 5.74) is 1.79. The molecule has 1 amide bonds. The standard InChI is InChI=1S/C18H22F2N4O2/c1-12-3-2-4-14(9-12)21-17(25)10-16-22-18(26-23-16)13-5-7-24(8-6-13)11-15(19)20/h2-4,9,13,15H,5-8,10-11H2,1H3,(H,21,25). The number of hydrogen-bond acceptors (Lipinski definition) is 5. The number of rotatable bonds is 6. The van der Waals surface area contributed by atoms with Crippen molar-refractivity contribution in [2.24, 2.45) is 0 Å². The average Bonchev–Trinajstić information content (AvgIpc) is 3.03. The fourth-order valence-electron chi connectivity index (χ4n) is 3.13. The fraction of sp³-hybridized carbons (Fsp3) is 0.500. The van der Waals surface area contributed by atoms with Crippen molar-refractivity contribution in [3.05, 3.63) is 41.5 Å². The number of likely N-dealkylation sites (tertiary alicyclic amines) is 1. The maximum Gasteiger partial charge on any atom is 0.251 e. The Bertz CT molecular complexity index is 742. The molecule has 1 fully saturated rings. The van der Waals surface area contributed by atoms with Crippen molar-refractivity contribution in [3.63, 3.8) is 0 Å². The van der Waals surface area contributed by atoms with E-state index in [4.69, 9.17) is 4.52 Å². The second-order valence-electron chi connectivity index (χ2n) is 6.61. The number of piperidine rings is 1. The SMILES string of the molecule is Cc1cccc(NC(=O)Cc2noc(C3CCN(CC(F)F)CC3)n2)c1. The fourth-order valence-corrected chi connectivity index (χ4v) is 3.13. The molecule has 1 aliphatic heterocycles. The van der Waals surface area contributed by atoms with Crippen molar-refractivity contribution >= 4 is 11.6 Å². The van der Waals surface area contributed by atoms with Crippen molar-refractivity contribution in [3.8, 4) is 0 Å². The molecule has 1 aromatic carbocycles. The molecule has 2 heterocycles. The van der Waals surface area contributed by atoms with E-state index < -0.39 is 6.43 Å². The first-order valence-electron chi connectivity index (χ1n) is 8.69. The van der Waals surface area contributed by atoms with E-state index in [9.17, 15) is 13.6 Å². The summed E-state index contributed by atoms with van der Waals surface area (Å²) in [5, 5.41) is 6.68. The van der Waals surface area contributed by atoms with Crippen molar-refractivity contribution < 1.29 is 18.1 Å². The lowest BCUT2D eigenvalue weighted by molar-refractivity contribution is -0.115. The van der Waals surface area contributed by atoms with E-state index in [1.807, 2.05) is 31.2 Å². The lowest BCUT2D eigenvalue weighted by Crippen LogP contribution is -2.36. The molecule has 1 aliphatic rings. The third-order valence-corrected chi connectivity index (χ3v) is 4.44. The van der Waals surface area contributed by atoms with Gasteiger partial charge in [-0.05, 0) is 50.6 Å². The summed E-state index contributed by atoms with van der Waals surface area (Å²) in [6, 6.07) is 7.53. The average molecular weight is 364 g/mol. The number of halogens is 2. The van der Waals surface area contributed by atoms with Gasteiger partial charge in [-0.3, -0.25) is 9.69 Å². The molecule has 140 valence electrons. The van der Waals surface area contributed by atoms with Gasteiger partial charge in [0.05, 0.1) is 13.0 Å². The summed E-state index contributed by atoms with van der Waals surface area (Å²) in [5.74, 6) is 0.667. The van der Waals surface area contributed by atoms with Crippen LogP contribution < -0.4 is 5.32 Å². The third kappa shape index (κ3) is 5.08. The molecule has 2 aromatic rings. The normalized spacial score (nSPS) is 16.2. The molecule has 1 N–H and O–H groups in total. The lowest BCUT2D eigenvalue weighted by atomic mass is 9.97. The van der Waals surface area contributed by atoms with Crippen LogP contribution in [0, 0.1) is 6.92 Å². The number of carbonyl (C=O) groups excluding carboxylic acids is 1. The van der Waals surface area contributed by atoms with Gasteiger partial charge in [-0.25, -0.2) is 8.78 Å². The first-order chi connectivity index (χ1) is 12.5. The summed E-state index contributed by atoms with van der Waals surface area (Å²) in [6.07, 6.45) is -0.886. The van der Waals surface area contributed by atoms with Crippen LogP contribution in [0.25, 0.3) is 0 Å². The van der Waals surface area contributed by atoms with E-state index in [-0.39, 0.29) is 24.8 Å². The zero-order valence-electron chi connectivity index (χ0n) is 14.6. The Labute approximate surface area is 150 Å². The zero-order chi connectivity index (χ0) is 18.5. The van der Waals surface area contributed by atoms with Crippen LogP contribution in [-0.4, -0.2) is 47.0 Å². The number of nitrogens with zero attached hydrogens (tertiary/aromatic N) is 3. The predicted molar refractivity (Wildman–Crippen MR) is 92.2 cm³/mol. The molecule has 0 aliphatic carbocycles. The zero-order valence-corrected chi connectivity index (χ0v) is 14.6. The Morgan fingerprint density at radius 2 is 2.15 bits per heavy atom. The molecule has 26 heavy (non-hydrogen) atoms. The third-order valence-electron chi connectivity index (χ3n) is 4.44. The Balaban J connectivity index is 1.51. The maximum absolute atomic E-state index is 12.4. The van der Waals surface area contributed by atoms with Gasteiger partial charge in [0, 0.05) is 11.6 Å². The van der Waals surface area contributed by atoms with Crippen LogP contribution in [0.3, 0.4) is 0 Å². The molecule has 1 saturated heterocycles. The molecular formula is C18H22F2N4O2. The monoisotopic (exact) mass is 364 g/mol. The molecule has 0 atom stereocenters. The minimum atomic E-state index is -2.31. The molecule has 0 unspecified atom stereocenters. The van der Waals surface area contributed by atoms with E-state index in [0.29, 0.717) is 37.6 Å². The summed E-state index contributed by atoms with van der Waals surface area (Å²) in [6.45, 7) is 2.93. The van der Waals surface area contributed by atoms with Crippen LogP contribution in [0.5, 0.6) is 0 Å². The van der Waals surface area contributed by atoms with E-state index >= 15 is 0 Å². The summed E-state index contributed by atoms with van der Waals surface area (Å²) >= 11 is 0. The quantitative estimate of drug-likeness (QED) is 0.853. The number of aryl methyl sites for hydroxylation is 1. The molecule has 8 heteroatoms. The number of nitrogens with one attached hydrogen (secondary N) is 1. The highest BCUT2D eigenvalue weighted by Crippen LogP contribution is 2.27. The van der Waals surface area contributed by atoms with Crippen molar-refractivity contribution in [2.45, 2.75) is 38.5 Å². The number of carbonyl (C=O) groups is 1. The molecule has 0 bridgehead atoms. The second kappa shape index (κ2) is 8.35. The van der Waals surface area contributed by atoms with Gasteiger partial charge in [-0.1, -0.05) is 17.3 Å². The van der Waals surface area contributed by atoms with Crippen LogP contribution in [0.4, 0.5) is 14.5 Å². The molecule has 0 spiro atoms. The number of amides is 1. The smallest absolute Gasteiger partial charge is 0.251 e. The Morgan fingerprint density at radius 3 is 2.85 bits per heavy atom. The van der Waals surface area contributed by atoms with Gasteiger partial charge in [0.1, 0.15) is 0 Å². The van der Waals surface area contributed by atoms with Crippen LogP contribution in [0.15, 0.2) is 28.8 Å². The topological polar surface area (TPSA) is 71.3 Å². The van der Waals surface area contributed by atoms with Crippen LogP contribution >= 0.6 is 0 Å². The number of benzene rings is 1. The Hall–Kier alpha value is -2.35. The summed E-state index contributed by atoms with van der Waals surface area (Å²) in [4.78, 5) is 18.2. The van der Waals surface area contributed by atoms with Crippen LogP contribution in [-0.2, 0) is 11.2 Å². The van der Waals surface area contributed by atoms with Gasteiger partial charge < -0.3 is 9.84 Å². The first-order valence-corrected chi connectivity index (χ1v) is 8.69. The van der Waals surface area contributed by atoms with E-state index in [2.05, 4.69) is 15.5 Å². The van der Waals surface area contributed by atoms with Crippen molar-refractivity contribution in [1.82, 2.24) is 15.0 Å². The van der Waals surface area contributed by atoms with Gasteiger partial charge in [-0.2, -0.15) is 4.98 Å².